The first-order valence-electron chi connectivity index (χ1n) is 5.29. The lowest BCUT2D eigenvalue weighted by Crippen LogP contribution is -2.33. The van der Waals surface area contributed by atoms with Crippen LogP contribution in [-0.4, -0.2) is 30.4 Å². The molecule has 0 fully saturated rings. The summed E-state index contributed by atoms with van der Waals surface area (Å²) in [5.74, 6) is -0.778. The number of phenols is 1. The van der Waals surface area contributed by atoms with Crippen molar-refractivity contribution in [3.63, 3.8) is 0 Å². The third-order valence-electron chi connectivity index (χ3n) is 2.39. The van der Waals surface area contributed by atoms with Gasteiger partial charge in [-0.3, -0.25) is 4.79 Å². The minimum atomic E-state index is -3.52. The van der Waals surface area contributed by atoms with Crippen molar-refractivity contribution in [1.82, 2.24) is 0 Å². The second-order valence-electron chi connectivity index (χ2n) is 3.80. The van der Waals surface area contributed by atoms with Crippen LogP contribution in [0.15, 0.2) is 36.9 Å². The molecule has 1 rings (SSSR count). The molecule has 0 radical (unpaired) electrons. The van der Waals surface area contributed by atoms with Gasteiger partial charge >= 0.3 is 0 Å². The average Bonchev–Trinajstić information content (AvgIpc) is 2.31. The first-order valence-corrected chi connectivity index (χ1v) is 7.00. The van der Waals surface area contributed by atoms with E-state index in [-0.39, 0.29) is 11.5 Å². The molecule has 1 atom stereocenters. The lowest BCUT2D eigenvalue weighted by molar-refractivity contribution is -0.115. The van der Waals surface area contributed by atoms with Gasteiger partial charge in [0, 0.05) is 5.69 Å². The summed E-state index contributed by atoms with van der Waals surface area (Å²) in [7, 11) is -3.52. The minimum Gasteiger partial charge on any atom is -0.508 e. The second-order valence-corrected chi connectivity index (χ2v) is 6.16. The van der Waals surface area contributed by atoms with Crippen LogP contribution >= 0.6 is 0 Å². The topological polar surface area (TPSA) is 83.5 Å². The third kappa shape index (κ3) is 3.59. The van der Waals surface area contributed by atoms with Crippen molar-refractivity contribution in [2.24, 2.45) is 0 Å². The lowest BCUT2D eigenvalue weighted by atomic mass is 10.3. The molecule has 5 nitrogen and oxygen atoms in total. The molecule has 0 aliphatic carbocycles. The summed E-state index contributed by atoms with van der Waals surface area (Å²) in [4.78, 5) is 11.7. The number of benzene rings is 1. The maximum atomic E-state index is 11.7. The Kier molecular flexibility index (Phi) is 4.49. The molecule has 1 aromatic rings. The Morgan fingerprint density at radius 3 is 2.50 bits per heavy atom. The van der Waals surface area contributed by atoms with E-state index in [1.54, 1.807) is 0 Å². The van der Waals surface area contributed by atoms with E-state index in [0.717, 1.165) is 0 Å². The van der Waals surface area contributed by atoms with Crippen LogP contribution in [0.5, 0.6) is 5.75 Å². The summed E-state index contributed by atoms with van der Waals surface area (Å²) in [6.07, 6.45) is 1.25. The van der Waals surface area contributed by atoms with Gasteiger partial charge in [-0.2, -0.15) is 0 Å². The van der Waals surface area contributed by atoms with Crippen LogP contribution in [0.3, 0.4) is 0 Å². The number of sulfone groups is 1. The molecule has 0 aromatic heterocycles. The number of hydrogen-bond acceptors (Lipinski definition) is 4. The van der Waals surface area contributed by atoms with Crippen molar-refractivity contribution >= 4 is 21.4 Å². The Morgan fingerprint density at radius 1 is 1.44 bits per heavy atom. The Bertz CT molecular complexity index is 534. The number of carbonyl (C=O) groups is 1. The fraction of sp³-hybridized carbons (Fsp3) is 0.250. The van der Waals surface area contributed by atoms with Crippen LogP contribution in [-0.2, 0) is 14.6 Å². The zero-order valence-electron chi connectivity index (χ0n) is 9.96. The van der Waals surface area contributed by atoms with E-state index in [1.807, 2.05) is 0 Å². The van der Waals surface area contributed by atoms with Crippen molar-refractivity contribution < 1.29 is 18.3 Å². The van der Waals surface area contributed by atoms with Gasteiger partial charge in [-0.15, -0.1) is 6.58 Å². The van der Waals surface area contributed by atoms with Crippen LogP contribution in [0, 0.1) is 0 Å². The molecule has 6 heteroatoms. The van der Waals surface area contributed by atoms with Gasteiger partial charge in [-0.05, 0) is 31.2 Å². The fourth-order valence-corrected chi connectivity index (χ4v) is 2.26. The highest BCUT2D eigenvalue weighted by atomic mass is 32.2. The number of hydrogen-bond donors (Lipinski definition) is 2. The zero-order valence-corrected chi connectivity index (χ0v) is 10.8. The van der Waals surface area contributed by atoms with E-state index < -0.39 is 21.0 Å². The van der Waals surface area contributed by atoms with Gasteiger partial charge in [0.2, 0.25) is 5.91 Å². The smallest absolute Gasteiger partial charge is 0.242 e. The van der Waals surface area contributed by atoms with Crippen LogP contribution in [0.4, 0.5) is 5.69 Å². The Labute approximate surface area is 106 Å². The molecule has 18 heavy (non-hydrogen) atoms. The minimum absolute atomic E-state index is 0.0697. The first-order chi connectivity index (χ1) is 8.36. The Hall–Kier alpha value is -1.82. The number of amides is 1. The van der Waals surface area contributed by atoms with Crippen LogP contribution < -0.4 is 5.32 Å². The monoisotopic (exact) mass is 269 g/mol. The first kappa shape index (κ1) is 14.2. The van der Waals surface area contributed by atoms with E-state index in [1.165, 1.54) is 37.3 Å². The number of rotatable bonds is 5. The molecule has 0 bridgehead atoms. The summed E-state index contributed by atoms with van der Waals surface area (Å²) in [5, 5.41) is 10.4. The zero-order chi connectivity index (χ0) is 13.8. The van der Waals surface area contributed by atoms with Crippen molar-refractivity contribution in [2.75, 3.05) is 11.1 Å². The van der Waals surface area contributed by atoms with Gasteiger partial charge in [0.15, 0.2) is 9.84 Å². The molecule has 1 unspecified atom stereocenters. The van der Waals surface area contributed by atoms with Crippen LogP contribution in [0.1, 0.15) is 6.92 Å². The molecule has 0 saturated carbocycles. The lowest BCUT2D eigenvalue weighted by Gasteiger charge is -2.12. The molecule has 0 spiro atoms. The number of phenolic OH excluding ortho intramolecular Hbond substituents is 1. The molecular weight excluding hydrogens is 254 g/mol. The largest absolute Gasteiger partial charge is 0.508 e. The van der Waals surface area contributed by atoms with E-state index >= 15 is 0 Å². The molecule has 0 aliphatic rings. The second kappa shape index (κ2) is 5.68. The van der Waals surface area contributed by atoms with E-state index in [2.05, 4.69) is 11.9 Å². The molecular formula is C12H15NO4S. The quantitative estimate of drug-likeness (QED) is 0.623. The summed E-state index contributed by atoms with van der Waals surface area (Å²) in [6.45, 7) is 4.67. The number of nitrogens with one attached hydrogen (secondary N) is 1. The van der Waals surface area contributed by atoms with Crippen molar-refractivity contribution in [1.29, 1.82) is 0 Å². The van der Waals surface area contributed by atoms with Gasteiger partial charge in [0.25, 0.3) is 0 Å². The van der Waals surface area contributed by atoms with Crippen molar-refractivity contribution in [3.05, 3.63) is 36.9 Å². The SMILES string of the molecule is C=CCS(=O)(=O)C(C)C(=O)Nc1ccc(O)cc1. The molecule has 0 saturated heterocycles. The van der Waals surface area contributed by atoms with Crippen LogP contribution in [0.2, 0.25) is 0 Å². The maximum absolute atomic E-state index is 11.7. The maximum Gasteiger partial charge on any atom is 0.242 e. The normalized spacial score (nSPS) is 12.7. The standard InChI is InChI=1S/C12H15NO4S/c1-3-8-18(16,17)9(2)12(15)13-10-4-6-11(14)7-5-10/h3-7,9,14H,1,8H2,2H3,(H,13,15). The molecule has 1 aromatic carbocycles. The molecule has 98 valence electrons. The molecule has 0 aliphatic heterocycles. The summed E-state index contributed by atoms with van der Waals surface area (Å²) < 4.78 is 23.3. The van der Waals surface area contributed by atoms with Gasteiger partial charge in [0.05, 0.1) is 5.75 Å². The number of aromatic hydroxyl groups is 1. The predicted molar refractivity (Wildman–Crippen MR) is 70.2 cm³/mol. The van der Waals surface area contributed by atoms with Crippen LogP contribution in [0.25, 0.3) is 0 Å². The van der Waals surface area contributed by atoms with E-state index in [0.29, 0.717) is 5.69 Å². The summed E-state index contributed by atoms with van der Waals surface area (Å²) in [5.41, 5.74) is 0.429. The van der Waals surface area contributed by atoms with Crippen molar-refractivity contribution in [2.45, 2.75) is 12.2 Å². The summed E-state index contributed by atoms with van der Waals surface area (Å²) in [6, 6.07) is 5.77. The number of anilines is 1. The van der Waals surface area contributed by atoms with Gasteiger partial charge in [0.1, 0.15) is 11.0 Å². The van der Waals surface area contributed by atoms with E-state index in [4.69, 9.17) is 5.11 Å². The van der Waals surface area contributed by atoms with Gasteiger partial charge in [-0.1, -0.05) is 6.08 Å². The molecule has 2 N–H and O–H groups in total. The van der Waals surface area contributed by atoms with Gasteiger partial charge in [-0.25, -0.2) is 8.42 Å². The Morgan fingerprint density at radius 2 is 2.00 bits per heavy atom. The molecule has 1 amide bonds. The van der Waals surface area contributed by atoms with Gasteiger partial charge < -0.3 is 10.4 Å². The highest BCUT2D eigenvalue weighted by Crippen LogP contribution is 2.15. The highest BCUT2D eigenvalue weighted by Gasteiger charge is 2.26. The summed E-state index contributed by atoms with van der Waals surface area (Å²) >= 11 is 0. The van der Waals surface area contributed by atoms with Crippen molar-refractivity contribution in [3.8, 4) is 5.75 Å². The highest BCUT2D eigenvalue weighted by molar-refractivity contribution is 7.92. The Balaban J connectivity index is 2.77. The average molecular weight is 269 g/mol. The molecule has 0 heterocycles. The number of carbonyl (C=O) groups excluding carboxylic acids is 1. The predicted octanol–water partition coefficient (Wildman–Crippen LogP) is 1.32. The fourth-order valence-electron chi connectivity index (χ4n) is 1.26. The van der Waals surface area contributed by atoms with E-state index in [9.17, 15) is 13.2 Å². The third-order valence-corrected chi connectivity index (χ3v) is 4.38.